The predicted molar refractivity (Wildman–Crippen MR) is 117 cm³/mol. The van der Waals surface area contributed by atoms with Gasteiger partial charge in [0.15, 0.2) is 0 Å². The standard InChI is InChI=1S/C22H31N5O3/c1-15(25-19-12-16(30-4)11-18-17(19)8-5-9-24-18)7-6-10-26-21(29)14-27(20(28)13-23)22(26,2)3/h5,8-9,11-12,15,25H,6-7,10,13-14,23H2,1-4H3. The van der Waals surface area contributed by atoms with Crippen LogP contribution in [0.4, 0.5) is 5.69 Å². The lowest BCUT2D eigenvalue weighted by molar-refractivity contribution is -0.136. The van der Waals surface area contributed by atoms with E-state index in [1.165, 1.54) is 0 Å². The molecule has 2 heterocycles. The van der Waals surface area contributed by atoms with Crippen LogP contribution in [-0.2, 0) is 9.59 Å². The predicted octanol–water partition coefficient (Wildman–Crippen LogP) is 2.19. The molecule has 1 atom stereocenters. The van der Waals surface area contributed by atoms with E-state index in [1.54, 1.807) is 23.1 Å². The molecule has 1 saturated heterocycles. The maximum absolute atomic E-state index is 12.5. The van der Waals surface area contributed by atoms with Crippen LogP contribution in [0.5, 0.6) is 5.75 Å². The van der Waals surface area contributed by atoms with Crippen LogP contribution in [0.2, 0.25) is 0 Å². The maximum atomic E-state index is 12.5. The van der Waals surface area contributed by atoms with Crippen molar-refractivity contribution in [3.63, 3.8) is 0 Å². The molecule has 30 heavy (non-hydrogen) atoms. The number of nitrogens with zero attached hydrogens (tertiary/aromatic N) is 3. The number of benzene rings is 1. The highest BCUT2D eigenvalue weighted by molar-refractivity contribution is 5.93. The normalized spacial score (nSPS) is 16.8. The molecule has 3 N–H and O–H groups in total. The van der Waals surface area contributed by atoms with Gasteiger partial charge < -0.3 is 25.6 Å². The minimum absolute atomic E-state index is 0.0349. The fraction of sp³-hybridized carbons (Fsp3) is 0.500. The highest BCUT2D eigenvalue weighted by Crippen LogP contribution is 2.30. The summed E-state index contributed by atoms with van der Waals surface area (Å²) in [6.07, 6.45) is 3.44. The Morgan fingerprint density at radius 2 is 2.17 bits per heavy atom. The van der Waals surface area contributed by atoms with Crippen LogP contribution in [0.25, 0.3) is 10.9 Å². The first-order valence-electron chi connectivity index (χ1n) is 10.3. The Balaban J connectivity index is 1.62. The third-order valence-corrected chi connectivity index (χ3v) is 5.74. The van der Waals surface area contributed by atoms with E-state index in [4.69, 9.17) is 10.5 Å². The second-order valence-electron chi connectivity index (χ2n) is 8.16. The van der Waals surface area contributed by atoms with Gasteiger partial charge >= 0.3 is 0 Å². The molecule has 1 unspecified atom stereocenters. The Hall–Kier alpha value is -2.87. The van der Waals surface area contributed by atoms with Crippen molar-refractivity contribution in [1.29, 1.82) is 0 Å². The van der Waals surface area contributed by atoms with Crippen molar-refractivity contribution >= 4 is 28.4 Å². The van der Waals surface area contributed by atoms with Gasteiger partial charge in [0.2, 0.25) is 11.8 Å². The lowest BCUT2D eigenvalue weighted by Crippen LogP contribution is -2.53. The van der Waals surface area contributed by atoms with Gasteiger partial charge in [-0.3, -0.25) is 14.6 Å². The number of hydrogen-bond donors (Lipinski definition) is 2. The van der Waals surface area contributed by atoms with Crippen molar-refractivity contribution < 1.29 is 14.3 Å². The number of fused-ring (bicyclic) bond motifs is 1. The third-order valence-electron chi connectivity index (χ3n) is 5.74. The fourth-order valence-electron chi connectivity index (χ4n) is 4.05. The van der Waals surface area contributed by atoms with E-state index in [1.807, 2.05) is 38.1 Å². The van der Waals surface area contributed by atoms with Crippen LogP contribution in [0.1, 0.15) is 33.6 Å². The van der Waals surface area contributed by atoms with Crippen LogP contribution < -0.4 is 15.8 Å². The van der Waals surface area contributed by atoms with E-state index in [0.29, 0.717) is 6.54 Å². The van der Waals surface area contributed by atoms with E-state index >= 15 is 0 Å². The molecule has 2 aromatic rings. The molecule has 1 aliphatic rings. The Labute approximate surface area is 177 Å². The molecular formula is C22H31N5O3. The van der Waals surface area contributed by atoms with Gasteiger partial charge in [-0.15, -0.1) is 0 Å². The molecule has 1 aromatic heterocycles. The number of anilines is 1. The monoisotopic (exact) mass is 413 g/mol. The Morgan fingerprint density at radius 1 is 1.40 bits per heavy atom. The molecule has 3 rings (SSSR count). The number of aromatic nitrogens is 1. The molecular weight excluding hydrogens is 382 g/mol. The molecule has 1 aliphatic heterocycles. The number of nitrogens with one attached hydrogen (secondary N) is 1. The molecule has 0 bridgehead atoms. The summed E-state index contributed by atoms with van der Waals surface area (Å²) >= 11 is 0. The first-order valence-corrected chi connectivity index (χ1v) is 10.3. The molecule has 0 radical (unpaired) electrons. The van der Waals surface area contributed by atoms with Gasteiger partial charge in [-0.25, -0.2) is 0 Å². The smallest absolute Gasteiger partial charge is 0.244 e. The number of carbonyl (C=O) groups excluding carboxylic acids is 2. The van der Waals surface area contributed by atoms with Crippen molar-refractivity contribution in [2.45, 2.75) is 45.3 Å². The van der Waals surface area contributed by atoms with E-state index in [9.17, 15) is 9.59 Å². The SMILES string of the molecule is COc1cc(NC(C)CCCN2C(=O)CN(C(=O)CN)C2(C)C)c2cccnc2c1. The minimum Gasteiger partial charge on any atom is -0.497 e. The molecule has 162 valence electrons. The average molecular weight is 414 g/mol. The van der Waals surface area contributed by atoms with Gasteiger partial charge in [-0.05, 0) is 45.7 Å². The third kappa shape index (κ3) is 4.33. The Kier molecular flexibility index (Phi) is 6.45. The maximum Gasteiger partial charge on any atom is 0.244 e. The molecule has 2 amide bonds. The molecule has 8 heteroatoms. The summed E-state index contributed by atoms with van der Waals surface area (Å²) < 4.78 is 5.40. The van der Waals surface area contributed by atoms with Crippen molar-refractivity contribution in [3.05, 3.63) is 30.5 Å². The van der Waals surface area contributed by atoms with Crippen molar-refractivity contribution in [2.24, 2.45) is 5.73 Å². The van der Waals surface area contributed by atoms with Crippen LogP contribution in [0, 0.1) is 0 Å². The van der Waals surface area contributed by atoms with Gasteiger partial charge in [0.05, 0.1) is 19.2 Å². The zero-order valence-corrected chi connectivity index (χ0v) is 18.1. The van der Waals surface area contributed by atoms with Crippen LogP contribution in [-0.4, -0.2) is 65.0 Å². The second kappa shape index (κ2) is 8.87. The number of hydrogen-bond acceptors (Lipinski definition) is 6. The molecule has 0 spiro atoms. The molecule has 1 aromatic carbocycles. The summed E-state index contributed by atoms with van der Waals surface area (Å²) in [4.78, 5) is 32.3. The molecule has 0 saturated carbocycles. The summed E-state index contributed by atoms with van der Waals surface area (Å²) in [5.74, 6) is 0.515. The lowest BCUT2D eigenvalue weighted by atomic mass is 10.1. The quantitative estimate of drug-likeness (QED) is 0.688. The molecule has 8 nitrogen and oxygen atoms in total. The van der Waals surface area contributed by atoms with Crippen molar-refractivity contribution in [3.8, 4) is 5.75 Å². The number of ether oxygens (including phenoxy) is 1. The number of pyridine rings is 1. The second-order valence-corrected chi connectivity index (χ2v) is 8.16. The van der Waals surface area contributed by atoms with E-state index < -0.39 is 5.66 Å². The molecule has 0 aliphatic carbocycles. The summed E-state index contributed by atoms with van der Waals surface area (Å²) in [5, 5.41) is 4.59. The number of nitrogens with two attached hydrogens (primary N) is 1. The number of methoxy groups -OCH3 is 1. The number of carbonyl (C=O) groups is 2. The fourth-order valence-corrected chi connectivity index (χ4v) is 4.05. The van der Waals surface area contributed by atoms with Gasteiger partial charge in [0.25, 0.3) is 0 Å². The summed E-state index contributed by atoms with van der Waals surface area (Å²) in [5.41, 5.74) is 6.69. The Morgan fingerprint density at radius 3 is 2.87 bits per heavy atom. The topological polar surface area (TPSA) is 101 Å². The Bertz CT molecular complexity index is 930. The summed E-state index contributed by atoms with van der Waals surface area (Å²) in [7, 11) is 1.64. The molecule has 1 fully saturated rings. The van der Waals surface area contributed by atoms with Gasteiger partial charge in [0, 0.05) is 42.0 Å². The number of rotatable bonds is 8. The van der Waals surface area contributed by atoms with Gasteiger partial charge in [0.1, 0.15) is 18.0 Å². The van der Waals surface area contributed by atoms with Crippen LogP contribution in [0.3, 0.4) is 0 Å². The summed E-state index contributed by atoms with van der Waals surface area (Å²) in [6, 6.07) is 8.03. The van der Waals surface area contributed by atoms with E-state index in [2.05, 4.69) is 17.2 Å². The largest absolute Gasteiger partial charge is 0.497 e. The highest BCUT2D eigenvalue weighted by Gasteiger charge is 2.45. The highest BCUT2D eigenvalue weighted by atomic mass is 16.5. The first kappa shape index (κ1) is 21.8. The van der Waals surface area contributed by atoms with Gasteiger partial charge in [-0.1, -0.05) is 0 Å². The summed E-state index contributed by atoms with van der Waals surface area (Å²) in [6.45, 7) is 6.50. The van der Waals surface area contributed by atoms with Crippen LogP contribution >= 0.6 is 0 Å². The van der Waals surface area contributed by atoms with Crippen molar-refractivity contribution in [2.75, 3.05) is 32.1 Å². The average Bonchev–Trinajstić information content (AvgIpc) is 2.96. The lowest BCUT2D eigenvalue weighted by Gasteiger charge is -2.37. The number of amides is 2. The first-order chi connectivity index (χ1) is 14.3. The van der Waals surface area contributed by atoms with Gasteiger partial charge in [-0.2, -0.15) is 0 Å². The zero-order valence-electron chi connectivity index (χ0n) is 18.1. The van der Waals surface area contributed by atoms with Crippen molar-refractivity contribution in [1.82, 2.24) is 14.8 Å². The van der Waals surface area contributed by atoms with E-state index in [0.717, 1.165) is 35.2 Å². The zero-order chi connectivity index (χ0) is 21.9. The minimum atomic E-state index is -0.654. The van der Waals surface area contributed by atoms with Crippen LogP contribution in [0.15, 0.2) is 30.5 Å². The van der Waals surface area contributed by atoms with E-state index in [-0.39, 0.29) is 30.9 Å².